The standard InChI is InChI=1S/C20H24N2O3S/c1-15-10-12-18(13-11-15)22-26(24,25)19-9-5-6-16(14-19)20(23)21-17-7-3-2-4-8-17/h5-6,9-14,17,22H,2-4,7-8H2,1H3,(H,21,23). The lowest BCUT2D eigenvalue weighted by Crippen LogP contribution is -2.36. The van der Waals surface area contributed by atoms with E-state index < -0.39 is 10.0 Å². The highest BCUT2D eigenvalue weighted by atomic mass is 32.2. The van der Waals surface area contributed by atoms with Crippen LogP contribution in [-0.4, -0.2) is 20.4 Å². The zero-order valence-corrected chi connectivity index (χ0v) is 15.7. The Hall–Kier alpha value is -2.34. The van der Waals surface area contributed by atoms with Crippen molar-refractivity contribution in [2.75, 3.05) is 4.72 Å². The number of carbonyl (C=O) groups is 1. The van der Waals surface area contributed by atoms with Gasteiger partial charge in [-0.15, -0.1) is 0 Å². The molecule has 0 saturated heterocycles. The molecule has 0 aromatic heterocycles. The van der Waals surface area contributed by atoms with E-state index in [0.29, 0.717) is 11.3 Å². The first-order chi connectivity index (χ1) is 12.4. The molecule has 3 rings (SSSR count). The van der Waals surface area contributed by atoms with E-state index >= 15 is 0 Å². The Morgan fingerprint density at radius 1 is 1.00 bits per heavy atom. The molecule has 0 spiro atoms. The van der Waals surface area contributed by atoms with E-state index in [2.05, 4.69) is 10.0 Å². The number of amides is 1. The fourth-order valence-electron chi connectivity index (χ4n) is 3.16. The van der Waals surface area contributed by atoms with Crippen LogP contribution in [0.25, 0.3) is 0 Å². The molecule has 1 saturated carbocycles. The number of benzene rings is 2. The van der Waals surface area contributed by atoms with Crippen LogP contribution in [0.15, 0.2) is 53.4 Å². The van der Waals surface area contributed by atoms with Gasteiger partial charge in [0.25, 0.3) is 15.9 Å². The zero-order chi connectivity index (χ0) is 18.6. The van der Waals surface area contributed by atoms with Crippen molar-refractivity contribution < 1.29 is 13.2 Å². The molecular weight excluding hydrogens is 348 g/mol. The van der Waals surface area contributed by atoms with Gasteiger partial charge in [0, 0.05) is 17.3 Å². The van der Waals surface area contributed by atoms with E-state index in [9.17, 15) is 13.2 Å². The van der Waals surface area contributed by atoms with Gasteiger partial charge in [-0.3, -0.25) is 9.52 Å². The molecule has 0 heterocycles. The van der Waals surface area contributed by atoms with Gasteiger partial charge in [0.05, 0.1) is 4.90 Å². The minimum Gasteiger partial charge on any atom is -0.349 e. The van der Waals surface area contributed by atoms with Gasteiger partial charge in [-0.2, -0.15) is 0 Å². The summed E-state index contributed by atoms with van der Waals surface area (Å²) in [4.78, 5) is 12.5. The maximum absolute atomic E-state index is 12.6. The smallest absolute Gasteiger partial charge is 0.261 e. The molecule has 2 N–H and O–H groups in total. The fraction of sp³-hybridized carbons (Fsp3) is 0.350. The van der Waals surface area contributed by atoms with Crippen molar-refractivity contribution in [2.45, 2.75) is 50.0 Å². The summed E-state index contributed by atoms with van der Waals surface area (Å²) < 4.78 is 27.8. The number of hydrogen-bond acceptors (Lipinski definition) is 3. The van der Waals surface area contributed by atoms with Crippen LogP contribution in [0.1, 0.15) is 48.0 Å². The molecule has 1 fully saturated rings. The lowest BCUT2D eigenvalue weighted by Gasteiger charge is -2.22. The van der Waals surface area contributed by atoms with Crippen molar-refractivity contribution in [1.29, 1.82) is 0 Å². The van der Waals surface area contributed by atoms with Gasteiger partial charge >= 0.3 is 0 Å². The van der Waals surface area contributed by atoms with Crippen LogP contribution in [0.4, 0.5) is 5.69 Å². The normalized spacial score (nSPS) is 15.4. The second kappa shape index (κ2) is 7.91. The maximum atomic E-state index is 12.6. The molecule has 1 amide bonds. The topological polar surface area (TPSA) is 75.3 Å². The largest absolute Gasteiger partial charge is 0.349 e. The first-order valence-electron chi connectivity index (χ1n) is 8.94. The van der Waals surface area contributed by atoms with Crippen molar-refractivity contribution in [3.63, 3.8) is 0 Å². The maximum Gasteiger partial charge on any atom is 0.261 e. The molecule has 0 unspecified atom stereocenters. The van der Waals surface area contributed by atoms with Crippen molar-refractivity contribution in [1.82, 2.24) is 5.32 Å². The molecule has 2 aromatic rings. The summed E-state index contributed by atoms with van der Waals surface area (Å²) in [6, 6.07) is 13.4. The van der Waals surface area contributed by atoms with E-state index in [1.807, 2.05) is 19.1 Å². The molecule has 138 valence electrons. The SMILES string of the molecule is Cc1ccc(NS(=O)(=O)c2cccc(C(=O)NC3CCCCC3)c2)cc1. The highest BCUT2D eigenvalue weighted by molar-refractivity contribution is 7.92. The first-order valence-corrected chi connectivity index (χ1v) is 10.4. The molecular formula is C20H24N2O3S. The third-order valence-electron chi connectivity index (χ3n) is 4.65. The van der Waals surface area contributed by atoms with Gasteiger partial charge in [-0.1, -0.05) is 43.0 Å². The Bertz CT molecular complexity index is 870. The molecule has 1 aliphatic rings. The number of rotatable bonds is 5. The Kier molecular flexibility index (Phi) is 5.61. The predicted octanol–water partition coefficient (Wildman–Crippen LogP) is 3.86. The summed E-state index contributed by atoms with van der Waals surface area (Å²) in [6.07, 6.45) is 5.43. The number of hydrogen-bond donors (Lipinski definition) is 2. The summed E-state index contributed by atoms with van der Waals surface area (Å²) in [7, 11) is -3.75. The van der Waals surface area contributed by atoms with Gasteiger partial charge in [0.2, 0.25) is 0 Å². The summed E-state index contributed by atoms with van der Waals surface area (Å²) >= 11 is 0. The lowest BCUT2D eigenvalue weighted by atomic mass is 9.95. The summed E-state index contributed by atoms with van der Waals surface area (Å²) in [6.45, 7) is 1.94. The molecule has 0 radical (unpaired) electrons. The third-order valence-corrected chi connectivity index (χ3v) is 6.03. The molecule has 5 nitrogen and oxygen atoms in total. The second-order valence-electron chi connectivity index (χ2n) is 6.81. The monoisotopic (exact) mass is 372 g/mol. The van der Waals surface area contributed by atoms with E-state index in [1.165, 1.54) is 18.6 Å². The van der Waals surface area contributed by atoms with Crippen LogP contribution in [0.2, 0.25) is 0 Å². The van der Waals surface area contributed by atoms with Crippen molar-refractivity contribution in [2.24, 2.45) is 0 Å². The quantitative estimate of drug-likeness (QED) is 0.837. The zero-order valence-electron chi connectivity index (χ0n) is 14.9. The average Bonchev–Trinajstić information content (AvgIpc) is 2.64. The second-order valence-corrected chi connectivity index (χ2v) is 8.49. The molecule has 0 aliphatic heterocycles. The molecule has 2 aromatic carbocycles. The minimum atomic E-state index is -3.75. The van der Waals surface area contributed by atoms with Crippen molar-refractivity contribution in [3.8, 4) is 0 Å². The summed E-state index contributed by atoms with van der Waals surface area (Å²) in [5.74, 6) is -0.218. The Balaban J connectivity index is 1.74. The predicted molar refractivity (Wildman–Crippen MR) is 103 cm³/mol. The van der Waals surface area contributed by atoms with Gasteiger partial charge in [0.1, 0.15) is 0 Å². The average molecular weight is 372 g/mol. The summed E-state index contributed by atoms with van der Waals surface area (Å²) in [5, 5.41) is 3.02. The highest BCUT2D eigenvalue weighted by Crippen LogP contribution is 2.20. The number of nitrogens with one attached hydrogen (secondary N) is 2. The first kappa shape index (κ1) is 18.5. The van der Waals surface area contributed by atoms with Crippen molar-refractivity contribution in [3.05, 3.63) is 59.7 Å². The van der Waals surface area contributed by atoms with Crippen LogP contribution < -0.4 is 10.0 Å². The van der Waals surface area contributed by atoms with Crippen LogP contribution >= 0.6 is 0 Å². The fourth-order valence-corrected chi connectivity index (χ4v) is 4.26. The third kappa shape index (κ3) is 4.64. The Morgan fingerprint density at radius 2 is 1.69 bits per heavy atom. The van der Waals surface area contributed by atoms with Gasteiger partial charge in [-0.25, -0.2) is 8.42 Å². The molecule has 26 heavy (non-hydrogen) atoms. The van der Waals surface area contributed by atoms with E-state index in [-0.39, 0.29) is 16.8 Å². The van der Waals surface area contributed by atoms with Crippen molar-refractivity contribution >= 4 is 21.6 Å². The number of aryl methyl sites for hydroxylation is 1. The van der Waals surface area contributed by atoms with E-state index in [0.717, 1.165) is 31.2 Å². The van der Waals surface area contributed by atoms with Gasteiger partial charge in [-0.05, 0) is 50.1 Å². The number of sulfonamides is 1. The Morgan fingerprint density at radius 3 is 2.38 bits per heavy atom. The Labute approximate surface area is 154 Å². The highest BCUT2D eigenvalue weighted by Gasteiger charge is 2.19. The molecule has 6 heteroatoms. The molecule has 0 atom stereocenters. The lowest BCUT2D eigenvalue weighted by molar-refractivity contribution is 0.0927. The van der Waals surface area contributed by atoms with E-state index in [1.54, 1.807) is 24.3 Å². The van der Waals surface area contributed by atoms with E-state index in [4.69, 9.17) is 0 Å². The molecule has 1 aliphatic carbocycles. The van der Waals surface area contributed by atoms with Crippen LogP contribution in [0.3, 0.4) is 0 Å². The summed E-state index contributed by atoms with van der Waals surface area (Å²) in [5.41, 5.74) is 1.91. The number of anilines is 1. The molecule has 0 bridgehead atoms. The number of carbonyl (C=O) groups excluding carboxylic acids is 1. The minimum absolute atomic E-state index is 0.0781. The van der Waals surface area contributed by atoms with Gasteiger partial charge < -0.3 is 5.32 Å². The van der Waals surface area contributed by atoms with Crippen LogP contribution in [0, 0.1) is 6.92 Å². The van der Waals surface area contributed by atoms with Gasteiger partial charge in [0.15, 0.2) is 0 Å². The van der Waals surface area contributed by atoms with Crippen LogP contribution in [0.5, 0.6) is 0 Å². The van der Waals surface area contributed by atoms with Crippen LogP contribution in [-0.2, 0) is 10.0 Å².